The van der Waals surface area contributed by atoms with E-state index in [-0.39, 0.29) is 11.5 Å². The fraction of sp³-hybridized carbons (Fsp3) is 1.00. The molecule has 178 valence electrons. The molecule has 1 N–H and O–H groups in total. The first-order chi connectivity index (χ1) is 14.0. The fourth-order valence-electron chi connectivity index (χ4n) is 3.92. The Labute approximate surface area is 188 Å². The summed E-state index contributed by atoms with van der Waals surface area (Å²) >= 11 is 3.77. The average Bonchev–Trinajstić information content (AvgIpc) is 2.71. The minimum Gasteiger partial charge on any atom is -0.307 e. The first-order valence-corrected chi connectivity index (χ1v) is 15.2. The molecule has 3 nitrogen and oxygen atoms in total. The highest BCUT2D eigenvalue weighted by Crippen LogP contribution is 2.29. The summed E-state index contributed by atoms with van der Waals surface area (Å²) in [5.74, 6) is 0.489. The highest BCUT2D eigenvalue weighted by atomic mass is 32.3. The Morgan fingerprint density at radius 2 is 0.793 bits per heavy atom. The van der Waals surface area contributed by atoms with Crippen LogP contribution in [0.1, 0.15) is 142 Å². The quantitative estimate of drug-likeness (QED) is 0.0924. The summed E-state index contributed by atoms with van der Waals surface area (Å²) in [6, 6.07) is 0. The predicted octanol–water partition coefficient (Wildman–Crippen LogP) is 8.90. The zero-order chi connectivity index (χ0) is 21.7. The Morgan fingerprint density at radius 1 is 0.552 bits per heavy atom. The van der Waals surface area contributed by atoms with Crippen molar-refractivity contribution in [1.29, 1.82) is 0 Å². The predicted molar refractivity (Wildman–Crippen MR) is 134 cm³/mol. The van der Waals surface area contributed by atoms with Crippen LogP contribution in [0.4, 0.5) is 0 Å². The zero-order valence-corrected chi connectivity index (χ0v) is 21.4. The SMILES string of the molecule is CCCCCCCCCCCCS(=O)(O)(CCCCCCCCCCCC)OS. The van der Waals surface area contributed by atoms with Gasteiger partial charge in [0, 0.05) is 11.5 Å². The molecular formula is C24H52O3S2. The summed E-state index contributed by atoms with van der Waals surface area (Å²) in [4.78, 5) is 0. The molecule has 29 heavy (non-hydrogen) atoms. The van der Waals surface area contributed by atoms with Crippen LogP contribution in [0.25, 0.3) is 0 Å². The minimum atomic E-state index is -4.00. The molecule has 0 saturated carbocycles. The van der Waals surface area contributed by atoms with Crippen molar-refractivity contribution in [3.8, 4) is 0 Å². The number of thiol groups is 1. The largest absolute Gasteiger partial charge is 0.307 e. The van der Waals surface area contributed by atoms with Gasteiger partial charge in [0.25, 0.3) is 0 Å². The number of rotatable bonds is 23. The third-order valence-corrected chi connectivity index (χ3v) is 9.51. The van der Waals surface area contributed by atoms with Crippen LogP contribution in [0.3, 0.4) is 0 Å². The van der Waals surface area contributed by atoms with Gasteiger partial charge in [-0.15, -0.1) is 0 Å². The Hall–Kier alpha value is 0.420. The third kappa shape index (κ3) is 18.9. The van der Waals surface area contributed by atoms with Crippen molar-refractivity contribution in [2.45, 2.75) is 142 Å². The second-order valence-electron chi connectivity index (χ2n) is 9.00. The van der Waals surface area contributed by atoms with E-state index in [9.17, 15) is 8.76 Å². The van der Waals surface area contributed by atoms with Crippen LogP contribution >= 0.6 is 12.9 Å². The molecule has 0 aromatic heterocycles. The summed E-state index contributed by atoms with van der Waals surface area (Å²) in [5.41, 5.74) is 0. The van der Waals surface area contributed by atoms with Gasteiger partial charge in [-0.1, -0.05) is 129 Å². The van der Waals surface area contributed by atoms with E-state index in [0.29, 0.717) is 0 Å². The Morgan fingerprint density at radius 3 is 1.03 bits per heavy atom. The summed E-state index contributed by atoms with van der Waals surface area (Å²) in [5, 5.41) is 0. The molecule has 0 aromatic rings. The normalized spacial score (nSPS) is 13.4. The maximum Gasteiger partial charge on any atom is 0.0955 e. The average molecular weight is 453 g/mol. The molecule has 0 aliphatic rings. The Bertz CT molecular complexity index is 385. The molecule has 0 bridgehead atoms. The van der Waals surface area contributed by atoms with Gasteiger partial charge in [-0.3, -0.25) is 0 Å². The van der Waals surface area contributed by atoms with Gasteiger partial charge in [0.05, 0.1) is 9.63 Å². The molecular weight excluding hydrogens is 400 g/mol. The van der Waals surface area contributed by atoms with Gasteiger partial charge in [0.2, 0.25) is 0 Å². The lowest BCUT2D eigenvalue weighted by atomic mass is 10.1. The number of unbranched alkanes of at least 4 members (excludes halogenated alkanes) is 18. The van der Waals surface area contributed by atoms with Crippen LogP contribution in [-0.2, 0) is 13.3 Å². The van der Waals surface area contributed by atoms with E-state index < -0.39 is 9.63 Å². The lowest BCUT2D eigenvalue weighted by Crippen LogP contribution is -2.39. The van der Waals surface area contributed by atoms with Crippen molar-refractivity contribution in [3.05, 3.63) is 0 Å². The molecule has 5 heteroatoms. The van der Waals surface area contributed by atoms with Crippen molar-refractivity contribution in [2.24, 2.45) is 0 Å². The second kappa shape index (κ2) is 19.1. The molecule has 0 spiro atoms. The van der Waals surface area contributed by atoms with Gasteiger partial charge in [0.1, 0.15) is 0 Å². The molecule has 0 saturated heterocycles. The van der Waals surface area contributed by atoms with E-state index in [1.165, 1.54) is 89.9 Å². The second-order valence-corrected chi connectivity index (χ2v) is 12.7. The van der Waals surface area contributed by atoms with E-state index in [0.717, 1.165) is 38.5 Å². The molecule has 0 atom stereocenters. The van der Waals surface area contributed by atoms with Crippen molar-refractivity contribution in [1.82, 2.24) is 0 Å². The van der Waals surface area contributed by atoms with Crippen LogP contribution in [0.2, 0.25) is 0 Å². The van der Waals surface area contributed by atoms with Crippen molar-refractivity contribution < 1.29 is 12.4 Å². The third-order valence-electron chi connectivity index (χ3n) is 5.97. The van der Waals surface area contributed by atoms with Crippen LogP contribution in [0.5, 0.6) is 0 Å². The molecule has 0 aliphatic carbocycles. The standard InChI is InChI=1S/C24H52O3S2/c1-3-5-7-9-11-13-15-17-19-21-23-29(25,26,27-28)24-22-20-18-16-14-12-10-8-6-4-2/h28H,3-24H2,1-2H3,(H,25,26). The first-order valence-electron chi connectivity index (χ1n) is 12.7. The van der Waals surface area contributed by atoms with Crippen LogP contribution in [0, 0.1) is 0 Å². The van der Waals surface area contributed by atoms with Gasteiger partial charge in [-0.05, 0) is 25.8 Å². The molecule has 0 rings (SSSR count). The van der Waals surface area contributed by atoms with E-state index >= 15 is 0 Å². The van der Waals surface area contributed by atoms with Gasteiger partial charge in [-0.25, -0.2) is 7.84 Å². The van der Waals surface area contributed by atoms with Crippen LogP contribution in [0.15, 0.2) is 0 Å². The number of hydrogen-bond acceptors (Lipinski definition) is 3. The van der Waals surface area contributed by atoms with E-state index in [1.54, 1.807) is 0 Å². The molecule has 0 heterocycles. The van der Waals surface area contributed by atoms with Crippen molar-refractivity contribution in [3.63, 3.8) is 0 Å². The Kier molecular flexibility index (Phi) is 19.4. The zero-order valence-electron chi connectivity index (χ0n) is 19.7. The first kappa shape index (κ1) is 29.4. The summed E-state index contributed by atoms with van der Waals surface area (Å²) in [7, 11) is -4.00. The molecule has 0 aliphatic heterocycles. The number of hydrogen-bond donors (Lipinski definition) is 2. The van der Waals surface area contributed by atoms with Gasteiger partial charge >= 0.3 is 0 Å². The summed E-state index contributed by atoms with van der Waals surface area (Å²) in [6.45, 7) is 4.50. The van der Waals surface area contributed by atoms with E-state index in [1.807, 2.05) is 0 Å². The lowest BCUT2D eigenvalue weighted by molar-refractivity contribution is 0.416. The van der Waals surface area contributed by atoms with Gasteiger partial charge in [-0.2, -0.15) is 0 Å². The summed E-state index contributed by atoms with van der Waals surface area (Å²) < 4.78 is 28.4. The van der Waals surface area contributed by atoms with Crippen LogP contribution < -0.4 is 0 Å². The molecule has 0 amide bonds. The van der Waals surface area contributed by atoms with Crippen molar-refractivity contribution >= 4 is 22.5 Å². The van der Waals surface area contributed by atoms with E-state index in [2.05, 4.69) is 26.8 Å². The van der Waals surface area contributed by atoms with Gasteiger partial charge < -0.3 is 4.55 Å². The maximum absolute atomic E-state index is 12.9. The molecule has 0 radical (unpaired) electrons. The van der Waals surface area contributed by atoms with Gasteiger partial charge in [0.15, 0.2) is 0 Å². The summed E-state index contributed by atoms with van der Waals surface area (Å²) in [6.07, 6.45) is 24.3. The molecule has 0 fully saturated rings. The minimum absolute atomic E-state index is 0.245. The highest BCUT2D eigenvalue weighted by molar-refractivity contribution is 8.15. The Balaban J connectivity index is 3.69. The monoisotopic (exact) mass is 452 g/mol. The van der Waals surface area contributed by atoms with Crippen molar-refractivity contribution in [2.75, 3.05) is 11.5 Å². The topological polar surface area (TPSA) is 46.5 Å². The maximum atomic E-state index is 12.9. The van der Waals surface area contributed by atoms with Crippen LogP contribution in [-0.4, -0.2) is 20.3 Å². The lowest BCUT2D eigenvalue weighted by Gasteiger charge is -2.34. The molecule has 0 unspecified atom stereocenters. The molecule has 0 aromatic carbocycles. The smallest absolute Gasteiger partial charge is 0.0955 e. The highest BCUT2D eigenvalue weighted by Gasteiger charge is 2.32. The van der Waals surface area contributed by atoms with E-state index in [4.69, 9.17) is 3.63 Å². The fourth-order valence-corrected chi connectivity index (χ4v) is 6.27.